The normalized spacial score (nSPS) is 16.6. The number of ether oxygens (including phenoxy) is 1. The van der Waals surface area contributed by atoms with E-state index in [1.807, 2.05) is 23.6 Å². The largest absolute Gasteiger partial charge is 0.493 e. The molecule has 1 aliphatic rings. The maximum absolute atomic E-state index is 14.0. The second-order valence-electron chi connectivity index (χ2n) is 6.02. The van der Waals surface area contributed by atoms with Crippen LogP contribution in [0.1, 0.15) is 39.1 Å². The summed E-state index contributed by atoms with van der Waals surface area (Å²) in [6.45, 7) is 0.343. The van der Waals surface area contributed by atoms with Gasteiger partial charge in [-0.3, -0.25) is 9.20 Å². The molecule has 5 nitrogen and oxygen atoms in total. The summed E-state index contributed by atoms with van der Waals surface area (Å²) in [6, 6.07) is 6.68. The van der Waals surface area contributed by atoms with Crippen LogP contribution in [0.4, 0.5) is 8.78 Å². The number of alkyl halides is 3. The van der Waals surface area contributed by atoms with E-state index in [1.54, 1.807) is 6.07 Å². The zero-order chi connectivity index (χ0) is 19.0. The van der Waals surface area contributed by atoms with Crippen LogP contribution >= 0.6 is 22.9 Å². The molecule has 27 heavy (non-hydrogen) atoms. The standard InChI is InChI=1S/C18H14ClF2N3O2S/c19-18(20,21)15-7-11(14-4-1-5-26-14)8-16-23-13(10-24(15)16)17(25)22-9-12-3-2-6-27-12/h1-3,5-8,10,14H,4,9H2,(H,22,25). The van der Waals surface area contributed by atoms with E-state index in [1.165, 1.54) is 29.9 Å². The number of hydrogen-bond acceptors (Lipinski definition) is 4. The summed E-state index contributed by atoms with van der Waals surface area (Å²) in [6.07, 6.45) is 4.80. The highest BCUT2D eigenvalue weighted by atomic mass is 35.5. The highest BCUT2D eigenvalue weighted by Crippen LogP contribution is 2.36. The molecule has 0 aliphatic carbocycles. The third-order valence-corrected chi connectivity index (χ3v) is 5.25. The second-order valence-corrected chi connectivity index (χ2v) is 7.53. The Bertz CT molecular complexity index is 1000. The van der Waals surface area contributed by atoms with Gasteiger partial charge in [0, 0.05) is 17.5 Å². The predicted octanol–water partition coefficient (Wildman–Crippen LogP) is 4.59. The van der Waals surface area contributed by atoms with Gasteiger partial charge in [-0.25, -0.2) is 4.98 Å². The number of amides is 1. The van der Waals surface area contributed by atoms with Crippen LogP contribution in [-0.2, 0) is 16.7 Å². The number of aromatic nitrogens is 2. The third kappa shape index (κ3) is 3.68. The molecule has 1 aliphatic heterocycles. The van der Waals surface area contributed by atoms with E-state index in [0.29, 0.717) is 18.5 Å². The van der Waals surface area contributed by atoms with Crippen LogP contribution in [0.15, 0.2) is 48.2 Å². The molecule has 1 unspecified atom stereocenters. The van der Waals surface area contributed by atoms with Gasteiger partial charge in [0.15, 0.2) is 0 Å². The number of carbonyl (C=O) groups is 1. The quantitative estimate of drug-likeness (QED) is 0.627. The summed E-state index contributed by atoms with van der Waals surface area (Å²) in [7, 11) is 0. The molecule has 4 rings (SSSR count). The Balaban J connectivity index is 1.68. The molecule has 0 spiro atoms. The Kier molecular flexibility index (Phi) is 4.61. The lowest BCUT2D eigenvalue weighted by molar-refractivity contribution is 0.0877. The number of pyridine rings is 1. The lowest BCUT2D eigenvalue weighted by atomic mass is 10.1. The van der Waals surface area contributed by atoms with E-state index in [4.69, 9.17) is 16.3 Å². The molecule has 1 amide bonds. The minimum atomic E-state index is -3.62. The van der Waals surface area contributed by atoms with Crippen molar-refractivity contribution in [3.05, 3.63) is 70.0 Å². The average Bonchev–Trinajstić information content (AvgIpc) is 3.38. The number of fused-ring (bicyclic) bond motifs is 1. The molecule has 0 fully saturated rings. The van der Waals surface area contributed by atoms with Gasteiger partial charge in [0.25, 0.3) is 5.91 Å². The number of halogens is 3. The Morgan fingerprint density at radius 1 is 1.48 bits per heavy atom. The molecule has 0 saturated heterocycles. The van der Waals surface area contributed by atoms with Crippen LogP contribution in [-0.4, -0.2) is 15.3 Å². The van der Waals surface area contributed by atoms with Crippen molar-refractivity contribution >= 4 is 34.5 Å². The number of imidazole rings is 1. The monoisotopic (exact) mass is 409 g/mol. The van der Waals surface area contributed by atoms with Gasteiger partial charge in [-0.05, 0) is 46.8 Å². The minimum absolute atomic E-state index is 0.0383. The molecule has 0 aromatic carbocycles. The zero-order valence-electron chi connectivity index (χ0n) is 13.9. The average molecular weight is 410 g/mol. The first-order valence-corrected chi connectivity index (χ1v) is 9.39. The van der Waals surface area contributed by atoms with Crippen molar-refractivity contribution in [2.24, 2.45) is 0 Å². The van der Waals surface area contributed by atoms with Gasteiger partial charge < -0.3 is 10.1 Å². The molecule has 9 heteroatoms. The number of nitrogens with zero attached hydrogens (tertiary/aromatic N) is 2. The summed E-state index contributed by atoms with van der Waals surface area (Å²) in [5.41, 5.74) is 0.312. The molecule has 1 N–H and O–H groups in total. The molecule has 0 bridgehead atoms. The Morgan fingerprint density at radius 3 is 3.00 bits per heavy atom. The summed E-state index contributed by atoms with van der Waals surface area (Å²) >= 11 is 6.81. The molecule has 4 heterocycles. The van der Waals surface area contributed by atoms with Gasteiger partial charge in [-0.15, -0.1) is 11.3 Å². The van der Waals surface area contributed by atoms with Crippen molar-refractivity contribution in [1.29, 1.82) is 0 Å². The van der Waals surface area contributed by atoms with Crippen molar-refractivity contribution in [3.8, 4) is 0 Å². The van der Waals surface area contributed by atoms with Crippen molar-refractivity contribution in [2.45, 2.75) is 24.5 Å². The van der Waals surface area contributed by atoms with Gasteiger partial charge in [0.05, 0.1) is 12.8 Å². The first kappa shape index (κ1) is 17.9. The van der Waals surface area contributed by atoms with E-state index in [2.05, 4.69) is 10.3 Å². The van der Waals surface area contributed by atoms with E-state index >= 15 is 0 Å². The lowest BCUT2D eigenvalue weighted by Gasteiger charge is -2.16. The Labute approximate surface area is 162 Å². The van der Waals surface area contributed by atoms with Crippen LogP contribution in [0.5, 0.6) is 0 Å². The van der Waals surface area contributed by atoms with Crippen molar-refractivity contribution in [1.82, 2.24) is 14.7 Å². The molecule has 1 atom stereocenters. The second kappa shape index (κ2) is 6.94. The fourth-order valence-corrected chi connectivity index (χ4v) is 3.68. The maximum Gasteiger partial charge on any atom is 0.363 e. The molecule has 140 valence electrons. The van der Waals surface area contributed by atoms with Crippen molar-refractivity contribution in [2.75, 3.05) is 0 Å². The highest BCUT2D eigenvalue weighted by molar-refractivity contribution is 7.09. The van der Waals surface area contributed by atoms with E-state index in [9.17, 15) is 13.6 Å². The van der Waals surface area contributed by atoms with Gasteiger partial charge >= 0.3 is 5.38 Å². The molecule has 0 saturated carbocycles. The van der Waals surface area contributed by atoms with Gasteiger partial charge in [0.1, 0.15) is 23.1 Å². The van der Waals surface area contributed by atoms with Crippen LogP contribution in [0.3, 0.4) is 0 Å². The summed E-state index contributed by atoms with van der Waals surface area (Å²) in [5, 5.41) is 1.02. The zero-order valence-corrected chi connectivity index (χ0v) is 15.4. The third-order valence-electron chi connectivity index (χ3n) is 4.18. The summed E-state index contributed by atoms with van der Waals surface area (Å²) in [4.78, 5) is 17.6. The molecular weight excluding hydrogens is 396 g/mol. The number of thiophene rings is 1. The fourth-order valence-electron chi connectivity index (χ4n) is 2.89. The highest BCUT2D eigenvalue weighted by Gasteiger charge is 2.33. The molecule has 0 radical (unpaired) electrons. The molecule has 3 aromatic heterocycles. The topological polar surface area (TPSA) is 55.6 Å². The van der Waals surface area contributed by atoms with Gasteiger partial charge in [-0.2, -0.15) is 8.78 Å². The van der Waals surface area contributed by atoms with Crippen LogP contribution in [0.25, 0.3) is 5.65 Å². The first-order valence-electron chi connectivity index (χ1n) is 8.13. The van der Waals surface area contributed by atoms with Gasteiger partial charge in [0.2, 0.25) is 0 Å². The number of nitrogens with one attached hydrogen (secondary N) is 1. The number of rotatable bonds is 5. The smallest absolute Gasteiger partial charge is 0.363 e. The van der Waals surface area contributed by atoms with Crippen LogP contribution in [0, 0.1) is 0 Å². The van der Waals surface area contributed by atoms with E-state index in [0.717, 1.165) is 9.28 Å². The maximum atomic E-state index is 14.0. The predicted molar refractivity (Wildman–Crippen MR) is 98.0 cm³/mol. The van der Waals surface area contributed by atoms with E-state index < -0.39 is 17.0 Å². The Hall–Kier alpha value is -2.45. The van der Waals surface area contributed by atoms with Gasteiger partial charge in [-0.1, -0.05) is 6.07 Å². The van der Waals surface area contributed by atoms with E-state index in [-0.39, 0.29) is 17.4 Å². The molecule has 3 aromatic rings. The Morgan fingerprint density at radius 2 is 2.33 bits per heavy atom. The fraction of sp³-hybridized carbons (Fsp3) is 0.222. The summed E-state index contributed by atoms with van der Waals surface area (Å²) < 4.78 is 34.5. The first-order chi connectivity index (χ1) is 12.9. The SMILES string of the molecule is O=C(NCc1cccs1)c1cn2c(C(F)(F)Cl)cc(C3CC=CO3)cc2n1. The van der Waals surface area contributed by atoms with Crippen molar-refractivity contribution < 1.29 is 18.3 Å². The lowest BCUT2D eigenvalue weighted by Crippen LogP contribution is -2.22. The van der Waals surface area contributed by atoms with Crippen LogP contribution in [0.2, 0.25) is 0 Å². The number of carbonyl (C=O) groups excluding carboxylic acids is 1. The van der Waals surface area contributed by atoms with Crippen molar-refractivity contribution in [3.63, 3.8) is 0 Å². The molecular formula is C18H14ClF2N3O2S. The minimum Gasteiger partial charge on any atom is -0.493 e. The summed E-state index contributed by atoms with van der Waals surface area (Å²) in [5.74, 6) is -0.448. The number of hydrogen-bond donors (Lipinski definition) is 1. The van der Waals surface area contributed by atoms with Crippen LogP contribution < -0.4 is 5.32 Å².